The number of amides is 3. The number of aliphatic hydroxyl groups excluding tert-OH is 1. The molecule has 3 amide bonds. The highest BCUT2D eigenvalue weighted by molar-refractivity contribution is 8.56. The van der Waals surface area contributed by atoms with Crippen LogP contribution in [0.1, 0.15) is 33.9 Å². The molecule has 0 spiro atoms. The molecule has 0 radical (unpaired) electrons. The third-order valence-corrected chi connectivity index (χ3v) is 10.5. The van der Waals surface area contributed by atoms with Crippen molar-refractivity contribution in [3.8, 4) is 5.88 Å². The average Bonchev–Trinajstić information content (AvgIpc) is 3.53. The Hall–Kier alpha value is -3.06. The predicted octanol–water partition coefficient (Wildman–Crippen LogP) is -0.578. The normalized spacial score (nSPS) is 28.0. The fourth-order valence-corrected chi connectivity index (χ4v) is 8.12. The summed E-state index contributed by atoms with van der Waals surface area (Å²) >= 11 is 0.661. The molecule has 2 fully saturated rings. The number of nitrogen functional groups attached to an aromatic ring is 1. The summed E-state index contributed by atoms with van der Waals surface area (Å²) in [4.78, 5) is 48.2. The summed E-state index contributed by atoms with van der Waals surface area (Å²) in [7, 11) is 1.38. The highest BCUT2D eigenvalue weighted by Crippen LogP contribution is 2.57. The van der Waals surface area contributed by atoms with Crippen molar-refractivity contribution in [2.45, 2.75) is 69.9 Å². The first-order chi connectivity index (χ1) is 19.6. The number of methoxy groups -OCH3 is 1. The fraction of sp³-hybridized carbons (Fsp3) is 0.636. The molecule has 4 heterocycles. The van der Waals surface area contributed by atoms with Gasteiger partial charge in [0.2, 0.25) is 11.8 Å². The first-order valence-electron chi connectivity index (χ1n) is 12.7. The number of rotatable bonds is 12. The van der Waals surface area contributed by atoms with Crippen molar-refractivity contribution in [1.82, 2.24) is 35.2 Å². The van der Waals surface area contributed by atoms with E-state index in [-0.39, 0.29) is 28.7 Å². The monoisotopic (exact) mass is 632 g/mol. The Bertz CT molecular complexity index is 1410. The number of esters is 1. The van der Waals surface area contributed by atoms with Gasteiger partial charge in [-0.15, -0.1) is 0 Å². The van der Waals surface area contributed by atoms with Crippen LogP contribution in [0, 0.1) is 0 Å². The zero-order valence-corrected chi connectivity index (χ0v) is 25.0. The Morgan fingerprint density at radius 1 is 1.36 bits per heavy atom. The number of nitrogens with zero attached hydrogens (tertiary/aromatic N) is 4. The van der Waals surface area contributed by atoms with Crippen LogP contribution >= 0.6 is 18.1 Å². The summed E-state index contributed by atoms with van der Waals surface area (Å²) in [6.07, 6.45) is -3.16. The van der Waals surface area contributed by atoms with E-state index in [2.05, 4.69) is 30.7 Å². The number of imide groups is 1. The molecule has 0 aromatic carbocycles. The minimum Gasteiger partial charge on any atom is -0.479 e. The van der Waals surface area contributed by atoms with Gasteiger partial charge in [-0.3, -0.25) is 24.0 Å². The Morgan fingerprint density at radius 3 is 2.69 bits per heavy atom. The van der Waals surface area contributed by atoms with Crippen molar-refractivity contribution < 1.29 is 47.9 Å². The van der Waals surface area contributed by atoms with Crippen LogP contribution in [0.3, 0.4) is 0 Å². The van der Waals surface area contributed by atoms with E-state index in [0.717, 1.165) is 0 Å². The van der Waals surface area contributed by atoms with Gasteiger partial charge >= 0.3 is 18.7 Å². The maximum absolute atomic E-state index is 13.9. The van der Waals surface area contributed by atoms with Gasteiger partial charge in [-0.05, 0) is 27.7 Å². The van der Waals surface area contributed by atoms with Crippen LogP contribution in [-0.2, 0) is 28.2 Å². The number of hydrogen-bond donors (Lipinski definition) is 6. The molecule has 20 heteroatoms. The summed E-state index contributed by atoms with van der Waals surface area (Å²) in [5.74, 6) is -1.53. The molecule has 2 aromatic rings. The lowest BCUT2D eigenvalue weighted by atomic mass is 9.96. The number of imidazole rings is 1. The molecule has 4 rings (SSSR count). The summed E-state index contributed by atoms with van der Waals surface area (Å²) < 4.78 is 37.2. The van der Waals surface area contributed by atoms with Crippen LogP contribution in [0.25, 0.3) is 11.2 Å². The number of carbonyl (C=O) groups is 3. The lowest BCUT2D eigenvalue weighted by Crippen LogP contribution is -2.44. The molecule has 0 aliphatic carbocycles. The number of fused-ring (bicyclic) bond motifs is 1. The second-order valence-electron chi connectivity index (χ2n) is 10.1. The van der Waals surface area contributed by atoms with E-state index in [1.807, 2.05) is 0 Å². The van der Waals surface area contributed by atoms with Crippen LogP contribution in [0.15, 0.2) is 6.33 Å². The Balaban J connectivity index is 1.53. The van der Waals surface area contributed by atoms with Gasteiger partial charge in [-0.1, -0.05) is 11.4 Å². The molecular weight excluding hydrogens is 599 g/mol. The Labute approximate surface area is 243 Å². The largest absolute Gasteiger partial charge is 0.479 e. The molecule has 7 atom stereocenters. The molecule has 2 saturated heterocycles. The van der Waals surface area contributed by atoms with Crippen molar-refractivity contribution in [3.63, 3.8) is 0 Å². The summed E-state index contributed by atoms with van der Waals surface area (Å²) in [6, 6.07) is -2.80. The Kier molecular flexibility index (Phi) is 9.31. The zero-order valence-electron chi connectivity index (χ0n) is 23.3. The van der Waals surface area contributed by atoms with Crippen molar-refractivity contribution in [2.75, 3.05) is 25.2 Å². The maximum Gasteiger partial charge on any atom is 0.327 e. The van der Waals surface area contributed by atoms with Gasteiger partial charge in [0.15, 0.2) is 17.4 Å². The second kappa shape index (κ2) is 12.3. The number of carbonyl (C=O) groups excluding carboxylic acids is 3. The third kappa shape index (κ3) is 6.61. The molecular formula is C22H33N8O10PS. The summed E-state index contributed by atoms with van der Waals surface area (Å²) in [5, 5.41) is 29.3. The molecule has 2 aliphatic heterocycles. The van der Waals surface area contributed by atoms with Crippen molar-refractivity contribution in [3.05, 3.63) is 6.33 Å². The molecule has 0 saturated carbocycles. The Morgan fingerprint density at radius 2 is 2.07 bits per heavy atom. The molecule has 18 nitrogen and oxygen atoms in total. The van der Waals surface area contributed by atoms with Crippen molar-refractivity contribution in [1.29, 1.82) is 0 Å². The minimum atomic E-state index is -4.04. The molecule has 0 unspecified atom stereocenters. The minimum absolute atomic E-state index is 0.0932. The number of urea groups is 1. The topological polar surface area (TPSA) is 251 Å². The van der Waals surface area contributed by atoms with Crippen molar-refractivity contribution in [2.24, 2.45) is 0 Å². The molecule has 2 aliphatic rings. The lowest BCUT2D eigenvalue weighted by molar-refractivity contribution is -0.149. The number of aromatic nitrogens is 4. The van der Waals surface area contributed by atoms with Gasteiger partial charge in [0.05, 0.1) is 26.1 Å². The second-order valence-corrected chi connectivity index (χ2v) is 14.4. The van der Waals surface area contributed by atoms with E-state index in [9.17, 15) is 29.2 Å². The first kappa shape index (κ1) is 31.9. The SMILES string of the molecule is COc1nc(N)nc2c1ncn2[C@@H]1O[C@H](CO[P@](=O)(N[C@H](C)C(=O)OC(C)C)SC[C@@H]2NC(=O)NC2=O)[C@@H](O)[C@@]1(C)O. The van der Waals surface area contributed by atoms with E-state index in [4.69, 9.17) is 24.5 Å². The van der Waals surface area contributed by atoms with E-state index < -0.39 is 73.5 Å². The number of nitrogens with two attached hydrogens (primary N) is 1. The lowest BCUT2D eigenvalue weighted by Gasteiger charge is -2.27. The number of anilines is 1. The standard InChI is InChI=1S/C22H33N8O10PS/c1-9(2)39-18(33)10(3)29-41(36,42-7-11-16(32)27-21(34)25-11)38-6-12-14(31)22(4,35)19(40-12)30-8-24-13-15(30)26-20(23)28-17(13)37-5/h8-12,14,19,31,35H,6-7H2,1-5H3,(H,29,36)(H2,23,26,28)(H2,25,27,32,34)/t10-,11+,12-,14-,19-,22-,41-/m1/s1. The maximum atomic E-state index is 13.9. The van der Waals surface area contributed by atoms with Gasteiger partial charge in [0, 0.05) is 5.75 Å². The molecule has 232 valence electrons. The average molecular weight is 633 g/mol. The van der Waals surface area contributed by atoms with Gasteiger partial charge in [-0.25, -0.2) is 14.9 Å². The van der Waals surface area contributed by atoms with Gasteiger partial charge in [0.25, 0.3) is 5.91 Å². The number of ether oxygens (including phenoxy) is 3. The molecule has 42 heavy (non-hydrogen) atoms. The van der Waals surface area contributed by atoms with Crippen LogP contribution in [0.4, 0.5) is 10.7 Å². The number of aliphatic hydroxyl groups is 2. The van der Waals surface area contributed by atoms with Crippen molar-refractivity contribution >= 4 is 53.1 Å². The molecule has 2 aromatic heterocycles. The van der Waals surface area contributed by atoms with E-state index >= 15 is 0 Å². The quantitative estimate of drug-likeness (QED) is 0.0972. The van der Waals surface area contributed by atoms with Gasteiger partial charge in [-0.2, -0.15) is 9.97 Å². The van der Waals surface area contributed by atoms with Crippen LogP contribution < -0.4 is 26.2 Å². The van der Waals surface area contributed by atoms with E-state index in [1.54, 1.807) is 13.8 Å². The highest BCUT2D eigenvalue weighted by atomic mass is 32.7. The van der Waals surface area contributed by atoms with E-state index in [0.29, 0.717) is 11.4 Å². The molecule has 7 N–H and O–H groups in total. The third-order valence-electron chi connectivity index (χ3n) is 6.34. The predicted molar refractivity (Wildman–Crippen MR) is 147 cm³/mol. The number of nitrogens with one attached hydrogen (secondary N) is 3. The first-order valence-corrected chi connectivity index (χ1v) is 16.0. The van der Waals surface area contributed by atoms with Gasteiger partial charge < -0.3 is 40.0 Å². The van der Waals surface area contributed by atoms with Gasteiger partial charge in [0.1, 0.15) is 29.9 Å². The smallest absolute Gasteiger partial charge is 0.327 e. The van der Waals surface area contributed by atoms with Crippen LogP contribution in [0.2, 0.25) is 0 Å². The summed E-state index contributed by atoms with van der Waals surface area (Å²) in [6.45, 7) is 1.48. The highest BCUT2D eigenvalue weighted by Gasteiger charge is 2.54. The molecule has 0 bridgehead atoms. The fourth-order valence-electron chi connectivity index (χ4n) is 4.25. The summed E-state index contributed by atoms with van der Waals surface area (Å²) in [5.41, 5.74) is 4.26. The van der Waals surface area contributed by atoms with E-state index in [1.165, 1.54) is 31.9 Å². The zero-order chi connectivity index (χ0) is 31.0. The number of hydrogen-bond acceptors (Lipinski definition) is 15. The van der Waals surface area contributed by atoms with Crippen LogP contribution in [-0.4, -0.2) is 103 Å². The van der Waals surface area contributed by atoms with Crippen LogP contribution in [0.5, 0.6) is 5.88 Å².